The Bertz CT molecular complexity index is 1320. The van der Waals surface area contributed by atoms with Gasteiger partial charge in [0, 0.05) is 67.5 Å². The molecule has 9 nitrogen and oxygen atoms in total. The highest BCUT2D eigenvalue weighted by molar-refractivity contribution is 5.82. The van der Waals surface area contributed by atoms with E-state index in [-0.39, 0.29) is 0 Å². The molecule has 2 aromatic carbocycles. The van der Waals surface area contributed by atoms with Crippen molar-refractivity contribution in [2.45, 2.75) is 26.3 Å². The fourth-order valence-corrected chi connectivity index (χ4v) is 4.53. The lowest BCUT2D eigenvalue weighted by molar-refractivity contribution is 0.225. The molecular formula is C29H39N7O2. The normalized spacial score (nSPS) is 11.5. The van der Waals surface area contributed by atoms with Gasteiger partial charge in [0.05, 0.1) is 43.3 Å². The minimum absolute atomic E-state index is 0.443. The zero-order chi connectivity index (χ0) is 27.1. The van der Waals surface area contributed by atoms with Crippen LogP contribution in [-0.2, 0) is 7.05 Å². The van der Waals surface area contributed by atoms with Crippen molar-refractivity contribution < 1.29 is 9.47 Å². The van der Waals surface area contributed by atoms with Gasteiger partial charge in [-0.25, -0.2) is 4.98 Å². The lowest BCUT2D eigenvalue weighted by Crippen LogP contribution is -2.38. The van der Waals surface area contributed by atoms with Crippen molar-refractivity contribution in [3.63, 3.8) is 0 Å². The molecule has 0 aliphatic rings. The second-order valence-corrected chi connectivity index (χ2v) is 9.64. The molecule has 0 bridgehead atoms. The van der Waals surface area contributed by atoms with E-state index >= 15 is 0 Å². The summed E-state index contributed by atoms with van der Waals surface area (Å²) < 4.78 is 13.0. The van der Waals surface area contributed by atoms with Gasteiger partial charge in [-0.3, -0.25) is 14.6 Å². The Morgan fingerprint density at radius 1 is 0.921 bits per heavy atom. The van der Waals surface area contributed by atoms with Crippen LogP contribution in [0.5, 0.6) is 11.5 Å². The van der Waals surface area contributed by atoms with E-state index in [1.807, 2.05) is 50.8 Å². The van der Waals surface area contributed by atoms with Crippen molar-refractivity contribution in [1.29, 1.82) is 0 Å². The van der Waals surface area contributed by atoms with Gasteiger partial charge in [0.2, 0.25) is 0 Å². The molecule has 0 aliphatic carbocycles. The fourth-order valence-electron chi connectivity index (χ4n) is 4.53. The highest BCUT2D eigenvalue weighted by atomic mass is 16.5. The average molecular weight is 518 g/mol. The summed E-state index contributed by atoms with van der Waals surface area (Å²) in [5.41, 5.74) is 5.45. The summed E-state index contributed by atoms with van der Waals surface area (Å²) in [6.07, 6.45) is 6.66. The van der Waals surface area contributed by atoms with Crippen LogP contribution < -0.4 is 19.7 Å². The predicted molar refractivity (Wildman–Crippen MR) is 154 cm³/mol. The maximum absolute atomic E-state index is 5.60. The Balaban J connectivity index is 1.72. The molecule has 9 heteroatoms. The van der Waals surface area contributed by atoms with Crippen molar-refractivity contribution in [3.8, 4) is 22.8 Å². The quantitative estimate of drug-likeness (QED) is 0.260. The van der Waals surface area contributed by atoms with Crippen LogP contribution in [0.3, 0.4) is 0 Å². The van der Waals surface area contributed by atoms with Crippen LogP contribution in [0.4, 0.5) is 11.4 Å². The number of fused-ring (bicyclic) bond motifs is 1. The minimum Gasteiger partial charge on any atom is -0.497 e. The van der Waals surface area contributed by atoms with E-state index in [0.717, 1.165) is 77.8 Å². The first-order chi connectivity index (χ1) is 18.4. The summed E-state index contributed by atoms with van der Waals surface area (Å²) in [4.78, 5) is 14.4. The largest absolute Gasteiger partial charge is 0.497 e. The first-order valence-electron chi connectivity index (χ1n) is 13.1. The van der Waals surface area contributed by atoms with Gasteiger partial charge >= 0.3 is 0 Å². The number of hydrogen-bond donors (Lipinski definition) is 1. The highest BCUT2D eigenvalue weighted by Crippen LogP contribution is 2.34. The number of aryl methyl sites for hydroxylation is 1. The first-order valence-corrected chi connectivity index (χ1v) is 13.1. The number of nitrogens with zero attached hydrogens (tertiary/aromatic N) is 6. The molecule has 202 valence electrons. The third-order valence-electron chi connectivity index (χ3n) is 6.70. The molecule has 38 heavy (non-hydrogen) atoms. The standard InChI is InChI=1S/C29H39N7O2/c1-21(2)35(11-7-10-30-3)12-13-36(24-14-25(37-5)17-26(15-24)38-6)23-8-9-27-28(16-23)33-29(19-31-27)22-18-32-34(4)20-22/h8-9,14-21,30H,7,10-13H2,1-6H3. The van der Waals surface area contributed by atoms with Crippen molar-refractivity contribution >= 4 is 22.4 Å². The van der Waals surface area contributed by atoms with E-state index < -0.39 is 0 Å². The molecule has 2 aromatic heterocycles. The van der Waals surface area contributed by atoms with Crippen LogP contribution in [0, 0.1) is 0 Å². The van der Waals surface area contributed by atoms with Crippen LogP contribution in [0.2, 0.25) is 0 Å². The van der Waals surface area contributed by atoms with E-state index in [2.05, 4.69) is 51.2 Å². The molecule has 4 aromatic rings. The van der Waals surface area contributed by atoms with Crippen LogP contribution in [0.15, 0.2) is 55.0 Å². The van der Waals surface area contributed by atoms with Gasteiger partial charge in [0.15, 0.2) is 0 Å². The Labute approximate surface area is 225 Å². The second-order valence-electron chi connectivity index (χ2n) is 9.64. The van der Waals surface area contributed by atoms with Crippen LogP contribution in [0.25, 0.3) is 22.3 Å². The monoisotopic (exact) mass is 517 g/mol. The Hall–Kier alpha value is -3.69. The smallest absolute Gasteiger partial charge is 0.124 e. The molecule has 0 radical (unpaired) electrons. The zero-order valence-electron chi connectivity index (χ0n) is 23.3. The van der Waals surface area contributed by atoms with Crippen LogP contribution in [-0.4, -0.2) is 78.1 Å². The lowest BCUT2D eigenvalue weighted by atomic mass is 10.1. The van der Waals surface area contributed by atoms with Gasteiger partial charge in [-0.2, -0.15) is 5.10 Å². The molecule has 0 amide bonds. The van der Waals surface area contributed by atoms with Crippen molar-refractivity contribution in [1.82, 2.24) is 30.0 Å². The molecule has 1 N–H and O–H groups in total. The fraction of sp³-hybridized carbons (Fsp3) is 0.414. The lowest BCUT2D eigenvalue weighted by Gasteiger charge is -2.32. The number of methoxy groups -OCH3 is 2. The van der Waals surface area contributed by atoms with Crippen molar-refractivity contribution in [3.05, 3.63) is 55.0 Å². The molecule has 0 saturated carbocycles. The third kappa shape index (κ3) is 6.59. The van der Waals surface area contributed by atoms with Gasteiger partial charge in [-0.1, -0.05) is 0 Å². The number of hydrogen-bond acceptors (Lipinski definition) is 8. The van der Waals surface area contributed by atoms with Gasteiger partial charge in [-0.05, 0) is 58.6 Å². The van der Waals surface area contributed by atoms with E-state index in [4.69, 9.17) is 14.5 Å². The molecule has 0 atom stereocenters. The Morgan fingerprint density at radius 2 is 1.68 bits per heavy atom. The van der Waals surface area contributed by atoms with Gasteiger partial charge in [-0.15, -0.1) is 0 Å². The summed E-state index contributed by atoms with van der Waals surface area (Å²) in [5.74, 6) is 1.50. The topological polar surface area (TPSA) is 80.6 Å². The first kappa shape index (κ1) is 27.3. The van der Waals surface area contributed by atoms with E-state index in [0.29, 0.717) is 6.04 Å². The molecule has 0 spiro atoms. The van der Waals surface area contributed by atoms with E-state index in [9.17, 15) is 0 Å². The van der Waals surface area contributed by atoms with E-state index in [1.54, 1.807) is 25.1 Å². The van der Waals surface area contributed by atoms with Gasteiger partial charge in [0.25, 0.3) is 0 Å². The average Bonchev–Trinajstić information content (AvgIpc) is 3.37. The van der Waals surface area contributed by atoms with Crippen LogP contribution in [0.1, 0.15) is 20.3 Å². The highest BCUT2D eigenvalue weighted by Gasteiger charge is 2.17. The summed E-state index contributed by atoms with van der Waals surface area (Å²) in [7, 11) is 7.25. The van der Waals surface area contributed by atoms with Gasteiger partial charge in [0.1, 0.15) is 11.5 Å². The number of ether oxygens (including phenoxy) is 2. The summed E-state index contributed by atoms with van der Waals surface area (Å²) in [6, 6.07) is 12.7. The molecule has 0 aliphatic heterocycles. The molecular weight excluding hydrogens is 478 g/mol. The third-order valence-corrected chi connectivity index (χ3v) is 6.70. The summed E-state index contributed by atoms with van der Waals surface area (Å²) in [5, 5.41) is 7.54. The second kappa shape index (κ2) is 12.7. The number of anilines is 2. The maximum Gasteiger partial charge on any atom is 0.124 e. The molecule has 4 rings (SSSR count). The van der Waals surface area contributed by atoms with Crippen molar-refractivity contribution in [2.24, 2.45) is 7.05 Å². The van der Waals surface area contributed by atoms with Crippen LogP contribution >= 0.6 is 0 Å². The Kier molecular flexibility index (Phi) is 9.15. The maximum atomic E-state index is 5.60. The number of nitrogens with one attached hydrogen (secondary N) is 1. The number of rotatable bonds is 13. The van der Waals surface area contributed by atoms with Gasteiger partial charge < -0.3 is 19.7 Å². The Morgan fingerprint density at radius 3 is 2.32 bits per heavy atom. The zero-order valence-corrected chi connectivity index (χ0v) is 23.3. The summed E-state index contributed by atoms with van der Waals surface area (Å²) >= 11 is 0. The van der Waals surface area contributed by atoms with Crippen molar-refractivity contribution in [2.75, 3.05) is 52.3 Å². The summed E-state index contributed by atoms with van der Waals surface area (Å²) in [6.45, 7) is 8.23. The molecule has 0 fully saturated rings. The molecule has 0 unspecified atom stereocenters. The minimum atomic E-state index is 0.443. The molecule has 2 heterocycles. The molecule has 0 saturated heterocycles. The predicted octanol–water partition coefficient (Wildman–Crippen LogP) is 4.51. The SMILES string of the molecule is CNCCCN(CCN(c1cc(OC)cc(OC)c1)c1ccc2ncc(-c3cnn(C)c3)nc2c1)C(C)C. The number of benzene rings is 2. The van der Waals surface area contributed by atoms with E-state index in [1.165, 1.54) is 0 Å². The number of aromatic nitrogens is 4.